The average molecular weight is 270 g/mol. The Bertz CT molecular complexity index is 822. The number of carbonyl (C=O) groups excluding carboxylic acids is 1. The van der Waals surface area contributed by atoms with Crippen LogP contribution in [0.15, 0.2) is 41.7 Å². The number of amides is 1. The summed E-state index contributed by atoms with van der Waals surface area (Å²) < 4.78 is 1.45. The second kappa shape index (κ2) is 4.92. The van der Waals surface area contributed by atoms with Crippen molar-refractivity contribution in [3.05, 3.63) is 58.7 Å². The summed E-state index contributed by atoms with van der Waals surface area (Å²) in [5.41, 5.74) is 1.17. The van der Waals surface area contributed by atoms with Crippen LogP contribution in [0.25, 0.3) is 5.65 Å². The number of aromatic amines is 1. The van der Waals surface area contributed by atoms with Crippen molar-refractivity contribution in [3.63, 3.8) is 0 Å². The zero-order chi connectivity index (χ0) is 13.9. The summed E-state index contributed by atoms with van der Waals surface area (Å²) in [4.78, 5) is 33.6. The molecule has 3 aromatic rings. The van der Waals surface area contributed by atoms with E-state index in [9.17, 15) is 9.59 Å². The Morgan fingerprint density at radius 3 is 3.10 bits per heavy atom. The summed E-state index contributed by atoms with van der Waals surface area (Å²) in [5, 5.41) is 6.66. The first-order chi connectivity index (χ1) is 9.74. The van der Waals surface area contributed by atoms with Crippen molar-refractivity contribution in [2.24, 2.45) is 0 Å². The molecule has 0 saturated carbocycles. The molecule has 3 aromatic heterocycles. The molecule has 0 radical (unpaired) electrons. The second-order valence-corrected chi connectivity index (χ2v) is 4.03. The van der Waals surface area contributed by atoms with Gasteiger partial charge >= 0.3 is 0 Å². The Labute approximate surface area is 112 Å². The molecule has 0 aromatic carbocycles. The summed E-state index contributed by atoms with van der Waals surface area (Å²) in [6, 6.07) is 6.45. The van der Waals surface area contributed by atoms with Gasteiger partial charge in [0.25, 0.3) is 11.5 Å². The summed E-state index contributed by atoms with van der Waals surface area (Å²) in [6.45, 7) is 0.161. The first-order valence-corrected chi connectivity index (χ1v) is 5.84. The number of aromatic nitrogens is 5. The SMILES string of the molecule is O=C(NCc1cc(=O)[nH]cn1)c1cccc2ncnn12. The van der Waals surface area contributed by atoms with Crippen LogP contribution in [0.2, 0.25) is 0 Å². The van der Waals surface area contributed by atoms with E-state index in [2.05, 4.69) is 25.4 Å². The van der Waals surface area contributed by atoms with Crippen LogP contribution < -0.4 is 10.9 Å². The molecule has 0 aliphatic heterocycles. The maximum absolute atomic E-state index is 12.1. The minimum absolute atomic E-state index is 0.161. The molecule has 0 saturated heterocycles. The Morgan fingerprint density at radius 1 is 1.35 bits per heavy atom. The van der Waals surface area contributed by atoms with Crippen LogP contribution in [-0.2, 0) is 6.54 Å². The molecule has 0 bridgehead atoms. The molecule has 0 spiro atoms. The summed E-state index contributed by atoms with van der Waals surface area (Å²) >= 11 is 0. The molecule has 8 nitrogen and oxygen atoms in total. The fraction of sp³-hybridized carbons (Fsp3) is 0.0833. The standard InChI is InChI=1S/C12H10N6O2/c19-11-4-8(14-6-16-11)5-13-12(20)9-2-1-3-10-15-7-17-18(9)10/h1-4,6-7H,5H2,(H,13,20)(H,14,16,19). The van der Waals surface area contributed by atoms with E-state index < -0.39 is 0 Å². The number of hydrogen-bond acceptors (Lipinski definition) is 5. The smallest absolute Gasteiger partial charge is 0.270 e. The van der Waals surface area contributed by atoms with E-state index >= 15 is 0 Å². The van der Waals surface area contributed by atoms with E-state index in [0.717, 1.165) is 0 Å². The number of carbonyl (C=O) groups is 1. The lowest BCUT2D eigenvalue weighted by molar-refractivity contribution is 0.0943. The Balaban J connectivity index is 1.80. The molecule has 0 aliphatic rings. The minimum atomic E-state index is -0.316. The molecule has 3 rings (SSSR count). The molecular formula is C12H10N6O2. The summed E-state index contributed by atoms with van der Waals surface area (Å²) in [6.07, 6.45) is 2.67. The van der Waals surface area contributed by atoms with Crippen LogP contribution in [0, 0.1) is 0 Å². The molecule has 3 heterocycles. The lowest BCUT2D eigenvalue weighted by Gasteiger charge is -2.05. The zero-order valence-corrected chi connectivity index (χ0v) is 10.3. The van der Waals surface area contributed by atoms with Crippen molar-refractivity contribution in [2.75, 3.05) is 0 Å². The number of fused-ring (bicyclic) bond motifs is 1. The van der Waals surface area contributed by atoms with E-state index in [1.54, 1.807) is 18.2 Å². The predicted molar refractivity (Wildman–Crippen MR) is 69.0 cm³/mol. The van der Waals surface area contributed by atoms with Crippen LogP contribution in [0.3, 0.4) is 0 Å². The monoisotopic (exact) mass is 270 g/mol. The van der Waals surface area contributed by atoms with Crippen LogP contribution in [0.5, 0.6) is 0 Å². The predicted octanol–water partition coefficient (Wildman–Crippen LogP) is -0.257. The van der Waals surface area contributed by atoms with Crippen molar-refractivity contribution in [1.29, 1.82) is 0 Å². The van der Waals surface area contributed by atoms with Crippen molar-refractivity contribution in [1.82, 2.24) is 29.9 Å². The van der Waals surface area contributed by atoms with E-state index in [1.165, 1.54) is 23.2 Å². The fourth-order valence-electron chi connectivity index (χ4n) is 1.78. The van der Waals surface area contributed by atoms with Gasteiger partial charge in [-0.15, -0.1) is 0 Å². The molecule has 0 fully saturated rings. The third-order valence-corrected chi connectivity index (χ3v) is 2.70. The Hall–Kier alpha value is -3.03. The highest BCUT2D eigenvalue weighted by Gasteiger charge is 2.10. The molecule has 100 valence electrons. The third kappa shape index (κ3) is 2.26. The van der Waals surface area contributed by atoms with E-state index in [1.807, 2.05) is 0 Å². The van der Waals surface area contributed by atoms with Crippen molar-refractivity contribution in [2.45, 2.75) is 6.54 Å². The molecule has 2 N–H and O–H groups in total. The van der Waals surface area contributed by atoms with Crippen molar-refractivity contribution >= 4 is 11.6 Å². The number of nitrogens with one attached hydrogen (secondary N) is 2. The van der Waals surface area contributed by atoms with Gasteiger partial charge in [-0.1, -0.05) is 6.07 Å². The maximum atomic E-state index is 12.1. The lowest BCUT2D eigenvalue weighted by Crippen LogP contribution is -2.26. The third-order valence-electron chi connectivity index (χ3n) is 2.70. The van der Waals surface area contributed by atoms with Gasteiger partial charge in [0, 0.05) is 6.07 Å². The quantitative estimate of drug-likeness (QED) is 0.682. The van der Waals surface area contributed by atoms with Crippen LogP contribution in [-0.4, -0.2) is 30.5 Å². The van der Waals surface area contributed by atoms with Gasteiger partial charge in [-0.05, 0) is 12.1 Å². The highest BCUT2D eigenvalue weighted by molar-refractivity contribution is 5.92. The van der Waals surface area contributed by atoms with Gasteiger partial charge in [-0.25, -0.2) is 14.5 Å². The molecule has 8 heteroatoms. The maximum Gasteiger partial charge on any atom is 0.270 e. The zero-order valence-electron chi connectivity index (χ0n) is 10.3. The van der Waals surface area contributed by atoms with Gasteiger partial charge in [0.15, 0.2) is 5.65 Å². The molecule has 1 amide bonds. The van der Waals surface area contributed by atoms with Gasteiger partial charge < -0.3 is 10.3 Å². The fourth-order valence-corrected chi connectivity index (χ4v) is 1.78. The van der Waals surface area contributed by atoms with Crippen molar-refractivity contribution < 1.29 is 4.79 Å². The lowest BCUT2D eigenvalue weighted by atomic mass is 10.3. The largest absolute Gasteiger partial charge is 0.345 e. The molecule has 20 heavy (non-hydrogen) atoms. The minimum Gasteiger partial charge on any atom is -0.345 e. The van der Waals surface area contributed by atoms with Crippen LogP contribution in [0.1, 0.15) is 16.2 Å². The normalized spacial score (nSPS) is 10.6. The number of nitrogens with zero attached hydrogens (tertiary/aromatic N) is 4. The molecule has 0 unspecified atom stereocenters. The Kier molecular flexibility index (Phi) is 2.96. The van der Waals surface area contributed by atoms with Gasteiger partial charge in [0.2, 0.25) is 0 Å². The highest BCUT2D eigenvalue weighted by atomic mass is 16.2. The summed E-state index contributed by atoms with van der Waals surface area (Å²) in [5.74, 6) is -0.316. The molecule has 0 aliphatic carbocycles. The first-order valence-electron chi connectivity index (χ1n) is 5.84. The first kappa shape index (κ1) is 12.0. The van der Waals surface area contributed by atoms with Crippen LogP contribution in [0.4, 0.5) is 0 Å². The van der Waals surface area contributed by atoms with Crippen LogP contribution >= 0.6 is 0 Å². The number of hydrogen-bond donors (Lipinski definition) is 2. The highest BCUT2D eigenvalue weighted by Crippen LogP contribution is 2.03. The van der Waals surface area contributed by atoms with Gasteiger partial charge in [-0.3, -0.25) is 9.59 Å². The number of pyridine rings is 1. The topological polar surface area (TPSA) is 105 Å². The van der Waals surface area contributed by atoms with E-state index in [-0.39, 0.29) is 18.0 Å². The van der Waals surface area contributed by atoms with Gasteiger partial charge in [-0.2, -0.15) is 5.10 Å². The number of rotatable bonds is 3. The second-order valence-electron chi connectivity index (χ2n) is 4.03. The van der Waals surface area contributed by atoms with Gasteiger partial charge in [0.05, 0.1) is 18.6 Å². The van der Waals surface area contributed by atoms with Gasteiger partial charge in [0.1, 0.15) is 12.0 Å². The average Bonchev–Trinajstić information content (AvgIpc) is 2.93. The molecule has 0 atom stereocenters. The van der Waals surface area contributed by atoms with E-state index in [4.69, 9.17) is 0 Å². The summed E-state index contributed by atoms with van der Waals surface area (Å²) in [7, 11) is 0. The Morgan fingerprint density at radius 2 is 2.25 bits per heavy atom. The molecular weight excluding hydrogens is 260 g/mol. The number of H-pyrrole nitrogens is 1. The van der Waals surface area contributed by atoms with E-state index in [0.29, 0.717) is 17.0 Å². The van der Waals surface area contributed by atoms with Crippen molar-refractivity contribution in [3.8, 4) is 0 Å².